The predicted molar refractivity (Wildman–Crippen MR) is 119 cm³/mol. The number of thiazole rings is 1. The Morgan fingerprint density at radius 3 is 2.48 bits per heavy atom. The van der Waals surface area contributed by atoms with Gasteiger partial charge in [-0.15, -0.1) is 0 Å². The van der Waals surface area contributed by atoms with Crippen LogP contribution in [-0.2, 0) is 21.9 Å². The van der Waals surface area contributed by atoms with Crippen LogP contribution in [0.5, 0.6) is 0 Å². The number of sulfonamides is 1. The molecule has 7 nitrogen and oxygen atoms in total. The number of aryl methyl sites for hydroxylation is 1. The molecule has 3 aromatic rings. The molecule has 1 unspecified atom stereocenters. The molecular formula is C19H20ClN3O4S2. The van der Waals surface area contributed by atoms with Crippen molar-refractivity contribution in [2.24, 2.45) is 7.05 Å². The summed E-state index contributed by atoms with van der Waals surface area (Å²) in [6, 6.07) is 10.5. The van der Waals surface area contributed by atoms with Crippen LogP contribution in [0.1, 0.15) is 13.3 Å². The molecule has 1 atom stereocenters. The van der Waals surface area contributed by atoms with Crippen LogP contribution in [-0.4, -0.2) is 31.2 Å². The Labute approximate surface area is 177 Å². The van der Waals surface area contributed by atoms with E-state index in [1.54, 1.807) is 56.4 Å². The highest BCUT2D eigenvalue weighted by Gasteiger charge is 2.31. The molecule has 29 heavy (non-hydrogen) atoms. The predicted octanol–water partition coefficient (Wildman–Crippen LogP) is 3.44. The summed E-state index contributed by atoms with van der Waals surface area (Å²) in [6.07, 6.45) is 1.33. The minimum absolute atomic E-state index is 0.0964. The maximum atomic E-state index is 13.0. The number of rotatable bonds is 6. The van der Waals surface area contributed by atoms with E-state index in [-0.39, 0.29) is 11.3 Å². The topological polar surface area (TPSA) is 88.5 Å². The Bertz CT molecular complexity index is 1220. The number of amides is 1. The molecule has 3 rings (SSSR count). The minimum atomic E-state index is -3.73. The van der Waals surface area contributed by atoms with Crippen molar-refractivity contribution in [2.45, 2.75) is 19.4 Å². The highest BCUT2D eigenvalue weighted by atomic mass is 35.5. The normalized spacial score (nSPS) is 12.7. The van der Waals surface area contributed by atoms with Crippen LogP contribution < -0.4 is 14.5 Å². The number of carbonyl (C=O) groups excluding carboxylic acids is 1. The number of aromatic nitrogens is 1. The van der Waals surface area contributed by atoms with E-state index < -0.39 is 22.0 Å². The summed E-state index contributed by atoms with van der Waals surface area (Å²) in [5.41, 5.74) is 1.62. The average Bonchev–Trinajstić information content (AvgIpc) is 2.93. The Hall–Kier alpha value is -2.36. The third-order valence-electron chi connectivity index (χ3n) is 4.47. The molecule has 0 aliphatic rings. The Morgan fingerprint density at radius 1 is 1.24 bits per heavy atom. The zero-order valence-corrected chi connectivity index (χ0v) is 18.4. The number of halogens is 1. The monoisotopic (exact) mass is 453 g/mol. The van der Waals surface area contributed by atoms with E-state index in [1.807, 2.05) is 0 Å². The minimum Gasteiger partial charge on any atom is -0.324 e. The first-order valence-electron chi connectivity index (χ1n) is 8.77. The molecule has 2 aromatic carbocycles. The molecule has 0 fully saturated rings. The highest BCUT2D eigenvalue weighted by molar-refractivity contribution is 7.92. The number of benzene rings is 2. The van der Waals surface area contributed by atoms with E-state index in [1.165, 1.54) is 4.57 Å². The molecule has 0 radical (unpaired) electrons. The van der Waals surface area contributed by atoms with Crippen molar-refractivity contribution in [1.29, 1.82) is 0 Å². The van der Waals surface area contributed by atoms with Crippen LogP contribution in [0.15, 0.2) is 47.3 Å². The average molecular weight is 454 g/mol. The first kappa shape index (κ1) is 21.4. The Balaban J connectivity index is 1.93. The zero-order chi connectivity index (χ0) is 21.3. The summed E-state index contributed by atoms with van der Waals surface area (Å²) in [5, 5.41) is 3.24. The molecule has 0 spiro atoms. The van der Waals surface area contributed by atoms with Crippen molar-refractivity contribution in [3.05, 3.63) is 57.2 Å². The fraction of sp³-hybridized carbons (Fsp3) is 0.263. The van der Waals surface area contributed by atoms with Gasteiger partial charge in [-0.25, -0.2) is 8.42 Å². The van der Waals surface area contributed by atoms with Gasteiger partial charge in [-0.3, -0.25) is 13.9 Å². The molecule has 0 bridgehead atoms. The molecule has 0 saturated heterocycles. The van der Waals surface area contributed by atoms with Gasteiger partial charge in [0.2, 0.25) is 15.9 Å². The van der Waals surface area contributed by atoms with Gasteiger partial charge in [0.15, 0.2) is 0 Å². The third kappa shape index (κ3) is 4.47. The van der Waals surface area contributed by atoms with Gasteiger partial charge in [0.05, 0.1) is 22.2 Å². The summed E-state index contributed by atoms with van der Waals surface area (Å²) < 4.78 is 28.3. The van der Waals surface area contributed by atoms with Gasteiger partial charge >= 0.3 is 4.87 Å². The molecular weight excluding hydrogens is 434 g/mol. The second-order valence-corrected chi connectivity index (χ2v) is 9.85. The van der Waals surface area contributed by atoms with Gasteiger partial charge < -0.3 is 9.88 Å². The number of nitrogens with zero attached hydrogens (tertiary/aromatic N) is 2. The maximum Gasteiger partial charge on any atom is 0.307 e. The van der Waals surface area contributed by atoms with E-state index in [9.17, 15) is 18.0 Å². The van der Waals surface area contributed by atoms with E-state index in [2.05, 4.69) is 5.32 Å². The summed E-state index contributed by atoms with van der Waals surface area (Å²) in [6.45, 7) is 1.74. The largest absolute Gasteiger partial charge is 0.324 e. The van der Waals surface area contributed by atoms with Gasteiger partial charge in [-0.1, -0.05) is 29.9 Å². The SMILES string of the molecule is CCC(C(=O)Nc1ccc2c(c1)sc(=O)n2C)N(c1ccc(Cl)cc1)S(C)(=O)=O. The number of anilines is 2. The number of carbonyl (C=O) groups is 1. The standard InChI is InChI=1S/C19H20ClN3O4S2/c1-4-15(23(29(3,26)27)14-8-5-12(20)6-9-14)18(24)21-13-7-10-16-17(11-13)28-19(25)22(16)2/h5-11,15H,4H2,1-3H3,(H,21,24). The lowest BCUT2D eigenvalue weighted by Gasteiger charge is -2.30. The van der Waals surface area contributed by atoms with Crippen LogP contribution in [0.2, 0.25) is 5.02 Å². The van der Waals surface area contributed by atoms with Crippen LogP contribution >= 0.6 is 22.9 Å². The molecule has 0 aliphatic carbocycles. The van der Waals surface area contributed by atoms with E-state index in [0.717, 1.165) is 32.1 Å². The molecule has 154 valence electrons. The molecule has 0 aliphatic heterocycles. The van der Waals surface area contributed by atoms with E-state index in [4.69, 9.17) is 11.6 Å². The van der Waals surface area contributed by atoms with Gasteiger partial charge in [0.1, 0.15) is 6.04 Å². The summed E-state index contributed by atoms with van der Waals surface area (Å²) in [4.78, 5) is 24.7. The van der Waals surface area contributed by atoms with E-state index in [0.29, 0.717) is 16.4 Å². The molecule has 1 amide bonds. The second-order valence-electron chi connectivity index (χ2n) is 6.56. The van der Waals surface area contributed by atoms with Gasteiger partial charge in [0, 0.05) is 17.8 Å². The second kappa shape index (κ2) is 8.17. The lowest BCUT2D eigenvalue weighted by molar-refractivity contribution is -0.117. The molecule has 1 heterocycles. The first-order valence-corrected chi connectivity index (χ1v) is 11.8. The van der Waals surface area contributed by atoms with Crippen molar-refractivity contribution in [3.8, 4) is 0 Å². The number of fused-ring (bicyclic) bond motifs is 1. The van der Waals surface area contributed by atoms with Crippen LogP contribution in [0, 0.1) is 0 Å². The fourth-order valence-electron chi connectivity index (χ4n) is 3.09. The fourth-order valence-corrected chi connectivity index (χ4v) is 5.34. The lowest BCUT2D eigenvalue weighted by Crippen LogP contribution is -2.46. The quantitative estimate of drug-likeness (QED) is 0.619. The van der Waals surface area contributed by atoms with Crippen molar-refractivity contribution < 1.29 is 13.2 Å². The smallest absolute Gasteiger partial charge is 0.307 e. The van der Waals surface area contributed by atoms with Crippen LogP contribution in [0.3, 0.4) is 0 Å². The van der Waals surface area contributed by atoms with Crippen molar-refractivity contribution >= 4 is 60.5 Å². The third-order valence-corrected chi connectivity index (χ3v) is 6.90. The first-order chi connectivity index (χ1) is 13.6. The molecule has 10 heteroatoms. The number of hydrogen-bond donors (Lipinski definition) is 1. The molecule has 0 saturated carbocycles. The van der Waals surface area contributed by atoms with Crippen LogP contribution in [0.4, 0.5) is 11.4 Å². The molecule has 1 aromatic heterocycles. The highest BCUT2D eigenvalue weighted by Crippen LogP contribution is 2.26. The lowest BCUT2D eigenvalue weighted by atomic mass is 10.1. The number of hydrogen-bond acceptors (Lipinski definition) is 5. The Morgan fingerprint density at radius 2 is 1.90 bits per heavy atom. The summed E-state index contributed by atoms with van der Waals surface area (Å²) in [5.74, 6) is -0.462. The van der Waals surface area contributed by atoms with E-state index >= 15 is 0 Å². The number of nitrogens with one attached hydrogen (secondary N) is 1. The molecule has 1 N–H and O–H groups in total. The van der Waals surface area contributed by atoms with Gasteiger partial charge in [-0.05, 0) is 48.9 Å². The van der Waals surface area contributed by atoms with Crippen molar-refractivity contribution in [3.63, 3.8) is 0 Å². The van der Waals surface area contributed by atoms with Crippen LogP contribution in [0.25, 0.3) is 10.2 Å². The van der Waals surface area contributed by atoms with Gasteiger partial charge in [0.25, 0.3) is 0 Å². The van der Waals surface area contributed by atoms with Gasteiger partial charge in [-0.2, -0.15) is 0 Å². The summed E-state index contributed by atoms with van der Waals surface area (Å²) in [7, 11) is -2.05. The zero-order valence-electron chi connectivity index (χ0n) is 16.0. The summed E-state index contributed by atoms with van der Waals surface area (Å²) >= 11 is 6.98. The van der Waals surface area contributed by atoms with Crippen molar-refractivity contribution in [2.75, 3.05) is 15.9 Å². The Kier molecular flexibility index (Phi) is 6.02. The maximum absolute atomic E-state index is 13.0. The van der Waals surface area contributed by atoms with Crippen molar-refractivity contribution in [1.82, 2.24) is 4.57 Å².